The molecule has 1 aliphatic heterocycles. The van der Waals surface area contributed by atoms with E-state index in [1.807, 2.05) is 36.0 Å². The summed E-state index contributed by atoms with van der Waals surface area (Å²) in [5.41, 5.74) is 0.340. The Hall–Kier alpha value is -1.44. The van der Waals surface area contributed by atoms with Crippen molar-refractivity contribution in [2.75, 3.05) is 19.7 Å². The van der Waals surface area contributed by atoms with E-state index >= 15 is 0 Å². The topological polar surface area (TPSA) is 67.1 Å². The highest BCUT2D eigenvalue weighted by Gasteiger charge is 2.35. The molecule has 114 valence electrons. The van der Waals surface area contributed by atoms with E-state index in [1.54, 1.807) is 16.2 Å². The fourth-order valence-corrected chi connectivity index (χ4v) is 3.43. The Kier molecular flexibility index (Phi) is 3.73. The van der Waals surface area contributed by atoms with Gasteiger partial charge in [0.25, 0.3) is 0 Å². The average molecular weight is 309 g/mol. The number of fused-ring (bicyclic) bond motifs is 1. The van der Waals surface area contributed by atoms with E-state index in [9.17, 15) is 9.90 Å². The molecule has 1 saturated heterocycles. The van der Waals surface area contributed by atoms with Crippen LogP contribution in [-0.2, 0) is 16.0 Å². The summed E-state index contributed by atoms with van der Waals surface area (Å²) in [5, 5.41) is 11.3. The minimum atomic E-state index is -0.435. The van der Waals surface area contributed by atoms with Gasteiger partial charge in [-0.15, -0.1) is 11.3 Å². The van der Waals surface area contributed by atoms with E-state index < -0.39 is 5.60 Å². The molecule has 1 amide bonds. The molecule has 1 aliphatic rings. The van der Waals surface area contributed by atoms with E-state index in [4.69, 9.17) is 4.74 Å². The molecule has 0 aromatic carbocycles. The Morgan fingerprint density at radius 1 is 1.62 bits per heavy atom. The highest BCUT2D eigenvalue weighted by Crippen LogP contribution is 2.21. The molecular formula is C14H19N3O3S. The summed E-state index contributed by atoms with van der Waals surface area (Å²) in [5.74, 6) is 0.0237. The largest absolute Gasteiger partial charge is 0.394 e. The highest BCUT2D eigenvalue weighted by molar-refractivity contribution is 7.15. The molecule has 7 heteroatoms. The number of amides is 1. The summed E-state index contributed by atoms with van der Waals surface area (Å²) in [6.45, 7) is 4.75. The van der Waals surface area contributed by atoms with Crippen LogP contribution < -0.4 is 0 Å². The fourth-order valence-electron chi connectivity index (χ4n) is 2.71. The van der Waals surface area contributed by atoms with Crippen LogP contribution in [0.25, 0.3) is 4.96 Å². The Morgan fingerprint density at radius 2 is 2.43 bits per heavy atom. The lowest BCUT2D eigenvalue weighted by molar-refractivity contribution is -0.166. The molecule has 1 unspecified atom stereocenters. The number of carbonyl (C=O) groups is 1. The second-order valence-corrected chi connectivity index (χ2v) is 6.83. The first-order chi connectivity index (χ1) is 9.97. The molecular weight excluding hydrogens is 290 g/mol. The zero-order valence-corrected chi connectivity index (χ0v) is 13.0. The van der Waals surface area contributed by atoms with Gasteiger partial charge in [-0.05, 0) is 13.8 Å². The molecule has 2 aromatic rings. The van der Waals surface area contributed by atoms with Crippen molar-refractivity contribution in [2.24, 2.45) is 0 Å². The van der Waals surface area contributed by atoms with Crippen LogP contribution in [0.2, 0.25) is 0 Å². The van der Waals surface area contributed by atoms with Crippen LogP contribution in [0.15, 0.2) is 17.8 Å². The maximum Gasteiger partial charge on any atom is 0.228 e. The number of morpholine rings is 1. The van der Waals surface area contributed by atoms with Gasteiger partial charge in [-0.1, -0.05) is 0 Å². The number of nitrogens with zero attached hydrogens (tertiary/aromatic N) is 3. The van der Waals surface area contributed by atoms with E-state index in [2.05, 4.69) is 4.98 Å². The molecule has 0 bridgehead atoms. The third-order valence-electron chi connectivity index (χ3n) is 3.51. The van der Waals surface area contributed by atoms with Crippen LogP contribution in [0.5, 0.6) is 0 Å². The van der Waals surface area contributed by atoms with Gasteiger partial charge in [0.1, 0.15) is 0 Å². The van der Waals surface area contributed by atoms with Crippen molar-refractivity contribution in [1.82, 2.24) is 14.3 Å². The number of rotatable bonds is 3. The maximum absolute atomic E-state index is 12.5. The summed E-state index contributed by atoms with van der Waals surface area (Å²) < 4.78 is 7.65. The molecule has 2 aromatic heterocycles. The molecule has 1 N–H and O–H groups in total. The number of carbonyl (C=O) groups excluding carboxylic acids is 1. The van der Waals surface area contributed by atoms with Crippen LogP contribution in [0.1, 0.15) is 19.5 Å². The number of hydrogen-bond acceptors (Lipinski definition) is 5. The zero-order chi connectivity index (χ0) is 15.0. The number of ether oxygens (including phenoxy) is 1. The van der Waals surface area contributed by atoms with Gasteiger partial charge in [0.15, 0.2) is 4.96 Å². The normalized spacial score (nSPS) is 21.9. The second-order valence-electron chi connectivity index (χ2n) is 5.96. The molecule has 0 radical (unpaired) electrons. The summed E-state index contributed by atoms with van der Waals surface area (Å²) in [4.78, 5) is 19.6. The molecule has 1 fully saturated rings. The lowest BCUT2D eigenvalue weighted by Crippen LogP contribution is -2.55. The quantitative estimate of drug-likeness (QED) is 0.916. The predicted octanol–water partition coefficient (Wildman–Crippen LogP) is 0.937. The van der Waals surface area contributed by atoms with Crippen LogP contribution in [0.4, 0.5) is 0 Å². The van der Waals surface area contributed by atoms with E-state index in [-0.39, 0.29) is 25.0 Å². The molecule has 0 aliphatic carbocycles. The fraction of sp³-hybridized carbons (Fsp3) is 0.571. The van der Waals surface area contributed by atoms with Gasteiger partial charge < -0.3 is 14.7 Å². The molecule has 21 heavy (non-hydrogen) atoms. The van der Waals surface area contributed by atoms with Gasteiger partial charge >= 0.3 is 0 Å². The molecule has 6 nitrogen and oxygen atoms in total. The highest BCUT2D eigenvalue weighted by atomic mass is 32.1. The third-order valence-corrected chi connectivity index (χ3v) is 4.28. The van der Waals surface area contributed by atoms with Crippen LogP contribution in [0.3, 0.4) is 0 Å². The zero-order valence-electron chi connectivity index (χ0n) is 12.2. The van der Waals surface area contributed by atoms with Crippen molar-refractivity contribution >= 4 is 22.2 Å². The predicted molar refractivity (Wildman–Crippen MR) is 79.4 cm³/mol. The lowest BCUT2D eigenvalue weighted by atomic mass is 10.0. The molecule has 3 heterocycles. The Balaban J connectivity index is 1.70. The minimum Gasteiger partial charge on any atom is -0.394 e. The van der Waals surface area contributed by atoms with E-state index in [0.29, 0.717) is 13.1 Å². The molecule has 3 rings (SSSR count). The first-order valence-electron chi connectivity index (χ1n) is 6.94. The summed E-state index contributed by atoms with van der Waals surface area (Å²) in [7, 11) is 0. The number of aliphatic hydroxyl groups is 1. The van der Waals surface area contributed by atoms with Crippen molar-refractivity contribution in [2.45, 2.75) is 32.0 Å². The lowest BCUT2D eigenvalue weighted by Gasteiger charge is -2.42. The summed E-state index contributed by atoms with van der Waals surface area (Å²) in [6.07, 6.45) is 3.78. The van der Waals surface area contributed by atoms with E-state index in [1.165, 1.54) is 0 Å². The first kappa shape index (κ1) is 14.5. The number of hydrogen-bond donors (Lipinski definition) is 1. The monoisotopic (exact) mass is 309 g/mol. The minimum absolute atomic E-state index is 0.0237. The second kappa shape index (κ2) is 5.40. The average Bonchev–Trinajstić information content (AvgIpc) is 2.97. The van der Waals surface area contributed by atoms with Crippen molar-refractivity contribution in [1.29, 1.82) is 0 Å². The number of thiazole rings is 1. The molecule has 0 saturated carbocycles. The molecule has 1 atom stereocenters. The van der Waals surface area contributed by atoms with Gasteiger partial charge in [0.05, 0.1) is 30.4 Å². The van der Waals surface area contributed by atoms with Crippen molar-refractivity contribution in [3.05, 3.63) is 23.5 Å². The van der Waals surface area contributed by atoms with Crippen LogP contribution in [0, 0.1) is 0 Å². The van der Waals surface area contributed by atoms with Gasteiger partial charge in [-0.2, -0.15) is 0 Å². The van der Waals surface area contributed by atoms with Crippen molar-refractivity contribution < 1.29 is 14.6 Å². The van der Waals surface area contributed by atoms with Crippen molar-refractivity contribution in [3.63, 3.8) is 0 Å². The Labute approximate surface area is 127 Å². The standard InChI is InChI=1S/C14H19N3O3S/c1-14(2)9-17(7-11(8-18)20-14)12(19)5-10-6-16-3-4-21-13(16)15-10/h3-4,6,11,18H,5,7-9H2,1-2H3. The number of aliphatic hydroxyl groups excluding tert-OH is 1. The van der Waals surface area contributed by atoms with Gasteiger partial charge in [-0.25, -0.2) is 4.98 Å². The SMILES string of the molecule is CC1(C)CN(C(=O)Cc2cn3ccsc3n2)CC(CO)O1. The maximum atomic E-state index is 12.5. The number of aromatic nitrogens is 2. The van der Waals surface area contributed by atoms with Gasteiger partial charge in [0.2, 0.25) is 5.91 Å². The van der Waals surface area contributed by atoms with Crippen LogP contribution >= 0.6 is 11.3 Å². The summed E-state index contributed by atoms with van der Waals surface area (Å²) >= 11 is 1.55. The van der Waals surface area contributed by atoms with Crippen LogP contribution in [-0.4, -0.2) is 56.7 Å². The smallest absolute Gasteiger partial charge is 0.228 e. The Morgan fingerprint density at radius 3 is 3.14 bits per heavy atom. The van der Waals surface area contributed by atoms with Gasteiger partial charge in [0, 0.05) is 30.9 Å². The van der Waals surface area contributed by atoms with Gasteiger partial charge in [-0.3, -0.25) is 9.20 Å². The van der Waals surface area contributed by atoms with Crippen molar-refractivity contribution in [3.8, 4) is 0 Å². The van der Waals surface area contributed by atoms with E-state index in [0.717, 1.165) is 10.7 Å². The Bertz CT molecular complexity index is 620. The summed E-state index contributed by atoms with van der Waals surface area (Å²) in [6, 6.07) is 0. The third kappa shape index (κ3) is 3.09. The first-order valence-corrected chi connectivity index (χ1v) is 7.82. The number of imidazole rings is 1. The molecule has 0 spiro atoms.